The van der Waals surface area contributed by atoms with Gasteiger partial charge in [-0.1, -0.05) is 11.6 Å². The summed E-state index contributed by atoms with van der Waals surface area (Å²) >= 11 is 5.99. The van der Waals surface area contributed by atoms with E-state index in [0.29, 0.717) is 51.5 Å². The largest absolute Gasteiger partial charge is 0.453 e. The molecular weight excluding hydrogens is 404 g/mol. The van der Waals surface area contributed by atoms with E-state index in [2.05, 4.69) is 25.5 Å². The highest BCUT2D eigenvalue weighted by Gasteiger charge is 2.24. The summed E-state index contributed by atoms with van der Waals surface area (Å²) in [6.07, 6.45) is 0.800. The molecule has 0 amide bonds. The second-order valence-electron chi connectivity index (χ2n) is 7.05. The molecule has 0 unspecified atom stereocenters. The Morgan fingerprint density at radius 1 is 1.33 bits per heavy atom. The number of aromatic nitrogens is 4. The molecule has 3 aromatic rings. The van der Waals surface area contributed by atoms with Crippen molar-refractivity contribution in [3.8, 4) is 17.6 Å². The van der Waals surface area contributed by atoms with Crippen molar-refractivity contribution < 1.29 is 9.53 Å². The van der Waals surface area contributed by atoms with Crippen LogP contribution in [0.1, 0.15) is 44.5 Å². The molecule has 0 saturated carbocycles. The smallest absolute Gasteiger partial charge is 0.187 e. The molecule has 3 heterocycles. The Kier molecular flexibility index (Phi) is 5.48. The van der Waals surface area contributed by atoms with Crippen LogP contribution in [-0.2, 0) is 19.4 Å². The summed E-state index contributed by atoms with van der Waals surface area (Å²) in [6, 6.07) is 6.83. The van der Waals surface area contributed by atoms with E-state index >= 15 is 0 Å². The van der Waals surface area contributed by atoms with Crippen molar-refractivity contribution in [1.82, 2.24) is 25.5 Å². The summed E-state index contributed by atoms with van der Waals surface area (Å²) in [5.41, 5.74) is 3.65. The number of ether oxygens (including phenoxy) is 1. The fourth-order valence-electron chi connectivity index (χ4n) is 3.43. The highest BCUT2D eigenvalue weighted by atomic mass is 35.5. The van der Waals surface area contributed by atoms with Crippen molar-refractivity contribution in [2.24, 2.45) is 0 Å². The molecule has 0 radical (unpaired) electrons. The first-order valence-corrected chi connectivity index (χ1v) is 9.85. The van der Waals surface area contributed by atoms with Crippen LogP contribution in [0.2, 0.25) is 5.02 Å². The number of benzene rings is 1. The third-order valence-electron chi connectivity index (χ3n) is 4.88. The van der Waals surface area contributed by atoms with Crippen molar-refractivity contribution in [3.63, 3.8) is 0 Å². The lowest BCUT2D eigenvalue weighted by Gasteiger charge is -2.18. The van der Waals surface area contributed by atoms with Crippen LogP contribution in [0.4, 0.5) is 0 Å². The van der Waals surface area contributed by atoms with Gasteiger partial charge in [0.05, 0.1) is 28.4 Å². The van der Waals surface area contributed by atoms with Gasteiger partial charge < -0.3 is 10.1 Å². The third kappa shape index (κ3) is 3.90. The van der Waals surface area contributed by atoms with E-state index in [-0.39, 0.29) is 12.2 Å². The Morgan fingerprint density at radius 2 is 2.17 bits per heavy atom. The number of ketones is 1. The van der Waals surface area contributed by atoms with E-state index in [0.717, 1.165) is 24.2 Å². The number of carbonyl (C=O) groups is 1. The predicted molar refractivity (Wildman–Crippen MR) is 110 cm³/mol. The van der Waals surface area contributed by atoms with Crippen molar-refractivity contribution in [1.29, 1.82) is 5.26 Å². The zero-order chi connectivity index (χ0) is 21.3. The Bertz CT molecular complexity index is 1180. The first-order valence-electron chi connectivity index (χ1n) is 9.48. The molecule has 8 nitrogen and oxygen atoms in total. The molecule has 0 saturated heterocycles. The van der Waals surface area contributed by atoms with Gasteiger partial charge in [0.25, 0.3) is 0 Å². The van der Waals surface area contributed by atoms with Crippen LogP contribution < -0.4 is 10.1 Å². The Hall–Kier alpha value is -3.28. The second kappa shape index (κ2) is 8.22. The minimum Gasteiger partial charge on any atom is -0.453 e. The van der Waals surface area contributed by atoms with Gasteiger partial charge >= 0.3 is 0 Å². The van der Waals surface area contributed by atoms with Crippen molar-refractivity contribution in [2.75, 3.05) is 6.54 Å². The number of hydrogen-bond acceptors (Lipinski definition) is 7. The Morgan fingerprint density at radius 3 is 2.97 bits per heavy atom. The fraction of sp³-hybridized carbons (Fsp3) is 0.286. The van der Waals surface area contributed by atoms with E-state index in [9.17, 15) is 10.1 Å². The maximum absolute atomic E-state index is 13.1. The number of halogens is 1. The standard InChI is InChI=1S/C21H19ClN6O2/c1-11-21(30-14-3-4-16(22)13(7-14)9-23)18(28-27-11)8-19(29)20-15-10-24-6-5-17(15)25-12(2)26-20/h3-4,7,24H,5-6,8,10H2,1-2H3,(H,27,28). The lowest BCUT2D eigenvalue weighted by atomic mass is 10.0. The van der Waals surface area contributed by atoms with Gasteiger partial charge in [0.1, 0.15) is 29.0 Å². The average Bonchev–Trinajstić information content (AvgIpc) is 3.07. The van der Waals surface area contributed by atoms with Crippen molar-refractivity contribution in [2.45, 2.75) is 33.2 Å². The molecule has 0 atom stereocenters. The number of nitrogens with one attached hydrogen (secondary N) is 2. The highest BCUT2D eigenvalue weighted by Crippen LogP contribution is 2.31. The molecule has 1 aromatic carbocycles. The van der Waals surface area contributed by atoms with Gasteiger partial charge in [-0.05, 0) is 26.0 Å². The van der Waals surface area contributed by atoms with Gasteiger partial charge in [0.15, 0.2) is 11.5 Å². The van der Waals surface area contributed by atoms with Crippen LogP contribution in [0, 0.1) is 25.2 Å². The van der Waals surface area contributed by atoms with Crippen molar-refractivity contribution >= 4 is 17.4 Å². The molecule has 30 heavy (non-hydrogen) atoms. The van der Waals surface area contributed by atoms with Gasteiger partial charge in [0.2, 0.25) is 0 Å². The Balaban J connectivity index is 1.62. The normalized spacial score (nSPS) is 12.9. The quantitative estimate of drug-likeness (QED) is 0.606. The molecular formula is C21H19ClN6O2. The van der Waals surface area contributed by atoms with Gasteiger partial charge in [-0.25, -0.2) is 9.97 Å². The molecule has 2 N–H and O–H groups in total. The number of Topliss-reactive ketones (excluding diaryl/α,β-unsaturated/α-hetero) is 1. The molecule has 0 fully saturated rings. The summed E-state index contributed by atoms with van der Waals surface area (Å²) in [5.74, 6) is 1.32. The number of nitriles is 1. The summed E-state index contributed by atoms with van der Waals surface area (Å²) in [7, 11) is 0. The zero-order valence-corrected chi connectivity index (χ0v) is 17.3. The number of hydrogen-bond donors (Lipinski definition) is 2. The van der Waals surface area contributed by atoms with E-state index in [1.165, 1.54) is 0 Å². The molecule has 152 valence electrons. The molecule has 0 aliphatic carbocycles. The van der Waals surface area contributed by atoms with Crippen LogP contribution in [0.5, 0.6) is 11.5 Å². The maximum atomic E-state index is 13.1. The van der Waals surface area contributed by atoms with E-state index in [4.69, 9.17) is 16.3 Å². The van der Waals surface area contributed by atoms with Crippen LogP contribution >= 0.6 is 11.6 Å². The first kappa shape index (κ1) is 20.0. The van der Waals surface area contributed by atoms with E-state index < -0.39 is 0 Å². The number of H-pyrrole nitrogens is 1. The maximum Gasteiger partial charge on any atom is 0.187 e. The van der Waals surface area contributed by atoms with Crippen LogP contribution in [0.3, 0.4) is 0 Å². The number of carbonyl (C=O) groups excluding carboxylic acids is 1. The molecule has 0 bridgehead atoms. The molecule has 9 heteroatoms. The minimum atomic E-state index is -0.148. The van der Waals surface area contributed by atoms with Gasteiger partial charge in [-0.2, -0.15) is 10.4 Å². The van der Waals surface area contributed by atoms with Gasteiger partial charge in [-0.15, -0.1) is 0 Å². The lowest BCUT2D eigenvalue weighted by Crippen LogP contribution is -2.28. The predicted octanol–water partition coefficient (Wildman–Crippen LogP) is 3.21. The zero-order valence-electron chi connectivity index (χ0n) is 16.5. The van der Waals surface area contributed by atoms with Gasteiger partial charge in [0, 0.05) is 31.1 Å². The molecule has 4 rings (SSSR count). The summed E-state index contributed by atoms with van der Waals surface area (Å²) in [4.78, 5) is 22.0. The van der Waals surface area contributed by atoms with E-state index in [1.807, 2.05) is 6.07 Å². The fourth-order valence-corrected chi connectivity index (χ4v) is 3.59. The Labute approximate surface area is 178 Å². The third-order valence-corrected chi connectivity index (χ3v) is 5.21. The summed E-state index contributed by atoms with van der Waals surface area (Å²) in [6.45, 7) is 5.00. The highest BCUT2D eigenvalue weighted by molar-refractivity contribution is 6.31. The topological polar surface area (TPSA) is 117 Å². The number of fused-ring (bicyclic) bond motifs is 1. The monoisotopic (exact) mass is 422 g/mol. The second-order valence-corrected chi connectivity index (χ2v) is 7.46. The van der Waals surface area contributed by atoms with Crippen LogP contribution in [0.15, 0.2) is 18.2 Å². The number of rotatable bonds is 5. The van der Waals surface area contributed by atoms with E-state index in [1.54, 1.807) is 32.0 Å². The number of nitrogens with zero attached hydrogens (tertiary/aromatic N) is 4. The molecule has 2 aromatic heterocycles. The van der Waals surface area contributed by atoms with Gasteiger partial charge in [-0.3, -0.25) is 9.89 Å². The van der Waals surface area contributed by atoms with Crippen LogP contribution in [-0.4, -0.2) is 32.5 Å². The van der Waals surface area contributed by atoms with Crippen LogP contribution in [0.25, 0.3) is 0 Å². The average molecular weight is 423 g/mol. The van der Waals surface area contributed by atoms with Crippen molar-refractivity contribution in [3.05, 3.63) is 62.9 Å². The number of aryl methyl sites for hydroxylation is 2. The minimum absolute atomic E-state index is 0.0290. The first-order chi connectivity index (χ1) is 14.5. The SMILES string of the molecule is Cc1nc2c(c(C(=O)Cc3n[nH]c(C)c3Oc3ccc(Cl)c(C#N)c3)n1)CNCC2. The summed E-state index contributed by atoms with van der Waals surface area (Å²) in [5, 5.41) is 19.9. The molecule has 1 aliphatic rings. The summed E-state index contributed by atoms with van der Waals surface area (Å²) < 4.78 is 5.95. The molecule has 1 aliphatic heterocycles. The number of aromatic amines is 1. The lowest BCUT2D eigenvalue weighted by molar-refractivity contribution is 0.0984. The molecule has 0 spiro atoms.